The first-order valence-electron chi connectivity index (χ1n) is 8.93. The van der Waals surface area contributed by atoms with Crippen LogP contribution in [0.25, 0.3) is 0 Å². The van der Waals surface area contributed by atoms with Gasteiger partial charge in [0.2, 0.25) is 11.8 Å². The fourth-order valence-corrected chi connectivity index (χ4v) is 3.65. The molecule has 7 nitrogen and oxygen atoms in total. The van der Waals surface area contributed by atoms with Gasteiger partial charge in [-0.2, -0.15) is 0 Å². The molecule has 0 bridgehead atoms. The number of carbonyl (C=O) groups is 1. The van der Waals surface area contributed by atoms with Gasteiger partial charge in [0.05, 0.1) is 13.7 Å². The van der Waals surface area contributed by atoms with Crippen LogP contribution in [0, 0.1) is 5.41 Å². The van der Waals surface area contributed by atoms with Gasteiger partial charge in [-0.25, -0.2) is 9.98 Å². The summed E-state index contributed by atoms with van der Waals surface area (Å²) < 4.78 is 5.09. The summed E-state index contributed by atoms with van der Waals surface area (Å²) in [5.74, 6) is 1.70. The highest BCUT2D eigenvalue weighted by atomic mass is 127. The third kappa shape index (κ3) is 4.99. The number of aromatic nitrogens is 1. The molecule has 144 valence electrons. The van der Waals surface area contributed by atoms with E-state index in [0.717, 1.165) is 50.5 Å². The number of pyridine rings is 1. The van der Waals surface area contributed by atoms with Gasteiger partial charge in [-0.05, 0) is 25.3 Å². The summed E-state index contributed by atoms with van der Waals surface area (Å²) in [4.78, 5) is 23.0. The fraction of sp³-hybridized carbons (Fsp3) is 0.611. The number of ether oxygens (including phenoxy) is 1. The number of methoxy groups -OCH3 is 1. The summed E-state index contributed by atoms with van der Waals surface area (Å²) >= 11 is 0. The van der Waals surface area contributed by atoms with Gasteiger partial charge in [0.25, 0.3) is 0 Å². The molecular weight excluding hydrogens is 445 g/mol. The number of rotatable bonds is 4. The lowest BCUT2D eigenvalue weighted by atomic mass is 9.79. The third-order valence-corrected chi connectivity index (χ3v) is 4.91. The number of likely N-dealkylation sites (tertiary alicyclic amines) is 1. The molecule has 0 radical (unpaired) electrons. The van der Waals surface area contributed by atoms with E-state index in [4.69, 9.17) is 9.73 Å². The van der Waals surface area contributed by atoms with Crippen molar-refractivity contribution in [3.05, 3.63) is 23.9 Å². The molecule has 8 heteroatoms. The van der Waals surface area contributed by atoms with Crippen molar-refractivity contribution in [2.75, 3.05) is 33.3 Å². The molecule has 1 amide bonds. The summed E-state index contributed by atoms with van der Waals surface area (Å²) in [5.41, 5.74) is 1.10. The highest BCUT2D eigenvalue weighted by molar-refractivity contribution is 14.0. The predicted octanol–water partition coefficient (Wildman–Crippen LogP) is 1.78. The van der Waals surface area contributed by atoms with Crippen LogP contribution in [0.3, 0.4) is 0 Å². The van der Waals surface area contributed by atoms with Crippen LogP contribution in [0.1, 0.15) is 31.7 Å². The van der Waals surface area contributed by atoms with E-state index in [2.05, 4.69) is 27.4 Å². The van der Waals surface area contributed by atoms with E-state index in [1.54, 1.807) is 13.3 Å². The van der Waals surface area contributed by atoms with Crippen LogP contribution >= 0.6 is 24.0 Å². The Hall–Kier alpha value is -1.58. The Labute approximate surface area is 172 Å². The summed E-state index contributed by atoms with van der Waals surface area (Å²) in [6, 6.07) is 3.83. The summed E-state index contributed by atoms with van der Waals surface area (Å²) in [7, 11) is 1.61. The molecule has 26 heavy (non-hydrogen) atoms. The molecular formula is C18H28IN5O2. The van der Waals surface area contributed by atoms with Gasteiger partial charge >= 0.3 is 0 Å². The zero-order valence-corrected chi connectivity index (χ0v) is 17.8. The average Bonchev–Trinajstić information content (AvgIpc) is 2.99. The molecule has 1 unspecified atom stereocenters. The molecule has 2 N–H and O–H groups in total. The highest BCUT2D eigenvalue weighted by Gasteiger charge is 2.42. The first kappa shape index (κ1) is 20.7. The first-order chi connectivity index (χ1) is 12.1. The van der Waals surface area contributed by atoms with Crippen molar-refractivity contribution in [1.82, 2.24) is 20.5 Å². The minimum Gasteiger partial charge on any atom is -0.481 e. The number of nitrogens with zero attached hydrogens (tertiary/aromatic N) is 3. The lowest BCUT2D eigenvalue weighted by molar-refractivity contribution is -0.119. The van der Waals surface area contributed by atoms with Crippen LogP contribution in [0.4, 0.5) is 0 Å². The van der Waals surface area contributed by atoms with E-state index in [1.165, 1.54) is 0 Å². The Morgan fingerprint density at radius 3 is 2.96 bits per heavy atom. The standard InChI is InChI=1S/C18H27N5O2.HI/c1-3-19-17(21-11-14-5-6-16(25-2)20-10-14)23-8-4-7-18(13-23)9-15(24)22-12-18;/h5-6,10H,3-4,7-9,11-13H2,1-2H3,(H,19,21)(H,22,24);1H. The third-order valence-electron chi connectivity index (χ3n) is 4.91. The van der Waals surface area contributed by atoms with E-state index in [1.807, 2.05) is 12.1 Å². The van der Waals surface area contributed by atoms with Gasteiger partial charge < -0.3 is 20.3 Å². The van der Waals surface area contributed by atoms with Gasteiger partial charge in [-0.3, -0.25) is 4.79 Å². The minimum absolute atomic E-state index is 0. The quantitative estimate of drug-likeness (QED) is 0.396. The fourth-order valence-electron chi connectivity index (χ4n) is 3.65. The van der Waals surface area contributed by atoms with E-state index in [0.29, 0.717) is 18.8 Å². The molecule has 0 aliphatic carbocycles. The molecule has 2 aliphatic heterocycles. The van der Waals surface area contributed by atoms with Crippen molar-refractivity contribution >= 4 is 35.8 Å². The lowest BCUT2D eigenvalue weighted by Crippen LogP contribution is -2.51. The smallest absolute Gasteiger partial charge is 0.220 e. The number of amides is 1. The van der Waals surface area contributed by atoms with Gasteiger partial charge in [0.15, 0.2) is 5.96 Å². The Balaban J connectivity index is 0.00000243. The number of carbonyl (C=O) groups excluding carboxylic acids is 1. The van der Waals surface area contributed by atoms with Crippen LogP contribution in [0.15, 0.2) is 23.3 Å². The Bertz CT molecular complexity index is 637. The van der Waals surface area contributed by atoms with Crippen molar-refractivity contribution in [2.24, 2.45) is 10.4 Å². The molecule has 2 saturated heterocycles. The second-order valence-electron chi connectivity index (χ2n) is 6.86. The van der Waals surface area contributed by atoms with Crippen LogP contribution in [0.5, 0.6) is 5.88 Å². The Morgan fingerprint density at radius 2 is 2.35 bits per heavy atom. The number of piperidine rings is 1. The summed E-state index contributed by atoms with van der Waals surface area (Å²) in [6.45, 7) is 6.09. The van der Waals surface area contributed by atoms with Gasteiger partial charge in [-0.15, -0.1) is 24.0 Å². The lowest BCUT2D eigenvalue weighted by Gasteiger charge is -2.40. The number of hydrogen-bond acceptors (Lipinski definition) is 4. The van der Waals surface area contributed by atoms with Gasteiger partial charge in [-0.1, -0.05) is 6.07 Å². The summed E-state index contributed by atoms with van der Waals surface area (Å²) in [6.07, 6.45) is 4.61. The normalized spacial score (nSPS) is 22.8. The molecule has 1 atom stereocenters. The van der Waals surface area contributed by atoms with Crippen molar-refractivity contribution in [3.63, 3.8) is 0 Å². The maximum atomic E-state index is 11.7. The Morgan fingerprint density at radius 1 is 1.50 bits per heavy atom. The monoisotopic (exact) mass is 473 g/mol. The number of guanidine groups is 1. The zero-order chi connectivity index (χ0) is 17.7. The van der Waals surface area contributed by atoms with Crippen LogP contribution < -0.4 is 15.4 Å². The van der Waals surface area contributed by atoms with Crippen LogP contribution in [-0.4, -0.2) is 55.0 Å². The molecule has 2 aliphatic rings. The summed E-state index contributed by atoms with van der Waals surface area (Å²) in [5, 5.41) is 6.38. The van der Waals surface area contributed by atoms with E-state index < -0.39 is 0 Å². The number of hydrogen-bond donors (Lipinski definition) is 2. The van der Waals surface area contributed by atoms with E-state index in [-0.39, 0.29) is 35.3 Å². The molecule has 2 fully saturated rings. The molecule has 1 spiro atoms. The molecule has 1 aromatic rings. The number of aliphatic imine (C=N–C) groups is 1. The molecule has 0 saturated carbocycles. The maximum absolute atomic E-state index is 11.7. The molecule has 3 rings (SSSR count). The zero-order valence-electron chi connectivity index (χ0n) is 15.5. The van der Waals surface area contributed by atoms with Crippen molar-refractivity contribution < 1.29 is 9.53 Å². The molecule has 1 aromatic heterocycles. The SMILES string of the molecule is CCNC(=NCc1ccc(OC)nc1)N1CCCC2(CNC(=O)C2)C1.I. The van der Waals surface area contributed by atoms with E-state index in [9.17, 15) is 4.79 Å². The highest BCUT2D eigenvalue weighted by Crippen LogP contribution is 2.36. The number of nitrogens with one attached hydrogen (secondary N) is 2. The second-order valence-corrected chi connectivity index (χ2v) is 6.86. The van der Waals surface area contributed by atoms with Crippen molar-refractivity contribution in [3.8, 4) is 5.88 Å². The first-order valence-corrected chi connectivity index (χ1v) is 8.93. The van der Waals surface area contributed by atoms with Crippen molar-refractivity contribution in [2.45, 2.75) is 32.7 Å². The van der Waals surface area contributed by atoms with Gasteiger partial charge in [0, 0.05) is 50.3 Å². The average molecular weight is 473 g/mol. The predicted molar refractivity (Wildman–Crippen MR) is 112 cm³/mol. The van der Waals surface area contributed by atoms with E-state index >= 15 is 0 Å². The van der Waals surface area contributed by atoms with Crippen LogP contribution in [0.2, 0.25) is 0 Å². The Kier molecular flexibility index (Phi) is 7.48. The maximum Gasteiger partial charge on any atom is 0.220 e. The topological polar surface area (TPSA) is 78.9 Å². The largest absolute Gasteiger partial charge is 0.481 e. The number of halogens is 1. The van der Waals surface area contributed by atoms with Crippen molar-refractivity contribution in [1.29, 1.82) is 0 Å². The molecule has 0 aromatic carbocycles. The minimum atomic E-state index is 0. The van der Waals surface area contributed by atoms with Crippen LogP contribution in [-0.2, 0) is 11.3 Å². The second kappa shape index (κ2) is 9.38. The molecule has 3 heterocycles. The van der Waals surface area contributed by atoms with Gasteiger partial charge in [0.1, 0.15) is 0 Å².